The van der Waals surface area contributed by atoms with Crippen molar-refractivity contribution in [2.45, 2.75) is 0 Å². The van der Waals surface area contributed by atoms with Gasteiger partial charge in [-0.15, -0.1) is 0 Å². The first-order valence-electron chi connectivity index (χ1n) is 4.46. The maximum Gasteiger partial charge on any atom is 0.322 e. The first-order chi connectivity index (χ1) is 8.06. The molecule has 0 aliphatic carbocycles. The smallest absolute Gasteiger partial charge is 0.322 e. The van der Waals surface area contributed by atoms with Gasteiger partial charge in [0, 0.05) is 28.1 Å². The van der Waals surface area contributed by atoms with E-state index in [0.717, 1.165) is 15.7 Å². The molecule has 0 saturated carbocycles. The van der Waals surface area contributed by atoms with Crippen molar-refractivity contribution < 1.29 is 13.5 Å². The minimum absolute atomic E-state index is 0.0616. The van der Waals surface area contributed by atoms with Crippen molar-refractivity contribution in [3.63, 3.8) is 0 Å². The van der Waals surface area contributed by atoms with E-state index in [-0.39, 0.29) is 17.4 Å². The van der Waals surface area contributed by atoms with Crippen molar-refractivity contribution in [1.29, 1.82) is 0 Å². The van der Waals surface area contributed by atoms with Crippen LogP contribution in [0.2, 0.25) is 0 Å². The van der Waals surface area contributed by atoms with Gasteiger partial charge in [-0.05, 0) is 22.6 Å². The number of hydrogen-bond acceptors (Lipinski definition) is 4. The molecule has 2 N–H and O–H groups in total. The van der Waals surface area contributed by atoms with E-state index in [0.29, 0.717) is 0 Å². The van der Waals surface area contributed by atoms with Crippen LogP contribution in [0.5, 0.6) is 11.8 Å². The number of ether oxygens (including phenoxy) is 1. The molecule has 0 radical (unpaired) electrons. The Labute approximate surface area is 109 Å². The zero-order chi connectivity index (χ0) is 12.4. The van der Waals surface area contributed by atoms with Gasteiger partial charge in [0.2, 0.25) is 0 Å². The normalized spacial score (nSPS) is 10.3. The molecule has 88 valence electrons. The summed E-state index contributed by atoms with van der Waals surface area (Å²) in [6, 6.07) is 1.64. The number of halogens is 3. The van der Waals surface area contributed by atoms with E-state index >= 15 is 0 Å². The third kappa shape index (κ3) is 2.78. The molecule has 0 aliphatic rings. The summed E-state index contributed by atoms with van der Waals surface area (Å²) in [5.74, 6) is -1.84. The van der Waals surface area contributed by atoms with Gasteiger partial charge in [0.05, 0.1) is 5.69 Å². The summed E-state index contributed by atoms with van der Waals surface area (Å²) in [6.45, 7) is 0. The Morgan fingerprint density at radius 1 is 1.12 bits per heavy atom. The van der Waals surface area contributed by atoms with E-state index in [1.54, 1.807) is 0 Å². The Hall–Kier alpha value is -1.51. The molecule has 2 aromatic rings. The molecule has 7 heteroatoms. The fraction of sp³-hybridized carbons (Fsp3) is 0. The van der Waals surface area contributed by atoms with Gasteiger partial charge in [0.25, 0.3) is 0 Å². The Bertz CT molecular complexity index is 548. The Kier molecular flexibility index (Phi) is 3.36. The molecule has 0 amide bonds. The van der Waals surface area contributed by atoms with Gasteiger partial charge in [-0.2, -0.15) is 0 Å². The van der Waals surface area contributed by atoms with Crippen LogP contribution in [0.15, 0.2) is 24.5 Å². The van der Waals surface area contributed by atoms with Crippen LogP contribution in [0.4, 0.5) is 14.5 Å². The van der Waals surface area contributed by atoms with Crippen LogP contribution in [-0.2, 0) is 0 Å². The van der Waals surface area contributed by atoms with Crippen LogP contribution < -0.4 is 10.5 Å². The summed E-state index contributed by atoms with van der Waals surface area (Å²) in [7, 11) is 0. The standard InChI is InChI=1S/C10H6F2IN3O/c11-6-2-9(7(12)1-8(6)14)17-10-15-3-5(13)4-16-10/h1-4H,14H2. The number of rotatable bonds is 2. The van der Waals surface area contributed by atoms with E-state index in [1.807, 2.05) is 22.6 Å². The zero-order valence-corrected chi connectivity index (χ0v) is 10.5. The largest absolute Gasteiger partial charge is 0.421 e. The number of anilines is 1. The lowest BCUT2D eigenvalue weighted by Crippen LogP contribution is -1.97. The van der Waals surface area contributed by atoms with Gasteiger partial charge in [-0.25, -0.2) is 18.7 Å². The van der Waals surface area contributed by atoms with E-state index < -0.39 is 11.6 Å². The topological polar surface area (TPSA) is 61.0 Å². The maximum atomic E-state index is 13.4. The third-order valence-corrected chi connectivity index (χ3v) is 2.41. The molecule has 2 rings (SSSR count). The molecule has 0 atom stereocenters. The highest BCUT2D eigenvalue weighted by atomic mass is 127. The number of nitrogens with two attached hydrogens (primary N) is 1. The van der Waals surface area contributed by atoms with Crippen molar-refractivity contribution in [2.24, 2.45) is 0 Å². The number of nitrogens with zero attached hydrogens (tertiary/aromatic N) is 2. The quantitative estimate of drug-likeness (QED) is 0.669. The monoisotopic (exact) mass is 349 g/mol. The Balaban J connectivity index is 2.30. The predicted molar refractivity (Wildman–Crippen MR) is 65.6 cm³/mol. The van der Waals surface area contributed by atoms with Crippen LogP contribution in [0.25, 0.3) is 0 Å². The molecular formula is C10H6F2IN3O. The lowest BCUT2D eigenvalue weighted by Gasteiger charge is -2.06. The molecule has 0 fully saturated rings. The van der Waals surface area contributed by atoms with Crippen LogP contribution in [0, 0.1) is 15.2 Å². The van der Waals surface area contributed by atoms with Crippen molar-refractivity contribution in [2.75, 3.05) is 5.73 Å². The van der Waals surface area contributed by atoms with Crippen LogP contribution >= 0.6 is 22.6 Å². The van der Waals surface area contributed by atoms with Gasteiger partial charge in [-0.3, -0.25) is 0 Å². The lowest BCUT2D eigenvalue weighted by molar-refractivity contribution is 0.407. The number of nitrogen functional groups attached to an aromatic ring is 1. The molecular weight excluding hydrogens is 343 g/mol. The number of benzene rings is 1. The second-order valence-electron chi connectivity index (χ2n) is 3.09. The average molecular weight is 349 g/mol. The average Bonchev–Trinajstić information content (AvgIpc) is 2.29. The fourth-order valence-electron chi connectivity index (χ4n) is 1.07. The van der Waals surface area contributed by atoms with Gasteiger partial charge >= 0.3 is 6.01 Å². The molecule has 0 unspecified atom stereocenters. The van der Waals surface area contributed by atoms with Crippen LogP contribution in [0.1, 0.15) is 0 Å². The summed E-state index contributed by atoms with van der Waals surface area (Å²) >= 11 is 2.01. The van der Waals surface area contributed by atoms with Crippen molar-refractivity contribution >= 4 is 28.3 Å². The van der Waals surface area contributed by atoms with Gasteiger partial charge in [0.1, 0.15) is 5.82 Å². The maximum absolute atomic E-state index is 13.4. The molecule has 4 nitrogen and oxygen atoms in total. The van der Waals surface area contributed by atoms with E-state index in [4.69, 9.17) is 10.5 Å². The van der Waals surface area contributed by atoms with E-state index in [2.05, 4.69) is 9.97 Å². The highest BCUT2D eigenvalue weighted by Gasteiger charge is 2.11. The van der Waals surface area contributed by atoms with Crippen LogP contribution in [-0.4, -0.2) is 9.97 Å². The summed E-state index contributed by atoms with van der Waals surface area (Å²) in [4.78, 5) is 7.61. The van der Waals surface area contributed by atoms with E-state index in [9.17, 15) is 8.78 Å². The highest BCUT2D eigenvalue weighted by Crippen LogP contribution is 2.26. The van der Waals surface area contributed by atoms with Crippen molar-refractivity contribution in [3.05, 3.63) is 39.7 Å². The zero-order valence-electron chi connectivity index (χ0n) is 8.32. The summed E-state index contributed by atoms with van der Waals surface area (Å²) in [5, 5.41) is 0. The molecule has 1 heterocycles. The Morgan fingerprint density at radius 3 is 2.41 bits per heavy atom. The second kappa shape index (κ2) is 4.78. The number of hydrogen-bond donors (Lipinski definition) is 1. The first-order valence-corrected chi connectivity index (χ1v) is 5.54. The van der Waals surface area contributed by atoms with Gasteiger partial charge < -0.3 is 10.5 Å². The second-order valence-corrected chi connectivity index (χ2v) is 4.34. The fourth-order valence-corrected chi connectivity index (χ4v) is 1.35. The molecule has 0 spiro atoms. The van der Waals surface area contributed by atoms with Gasteiger partial charge in [-0.1, -0.05) is 0 Å². The highest BCUT2D eigenvalue weighted by molar-refractivity contribution is 14.1. The van der Waals surface area contributed by atoms with Crippen molar-refractivity contribution in [1.82, 2.24) is 9.97 Å². The SMILES string of the molecule is Nc1cc(F)c(Oc2ncc(I)cn2)cc1F. The third-order valence-electron chi connectivity index (χ3n) is 1.85. The molecule has 17 heavy (non-hydrogen) atoms. The molecule has 1 aromatic carbocycles. The van der Waals surface area contributed by atoms with E-state index in [1.165, 1.54) is 12.4 Å². The summed E-state index contributed by atoms with van der Waals surface area (Å²) in [5.41, 5.74) is 4.92. The predicted octanol–water partition coefficient (Wildman–Crippen LogP) is 2.73. The van der Waals surface area contributed by atoms with Gasteiger partial charge in [0.15, 0.2) is 11.6 Å². The summed E-state index contributed by atoms with van der Waals surface area (Å²) < 4.78 is 32.3. The van der Waals surface area contributed by atoms with Crippen molar-refractivity contribution in [3.8, 4) is 11.8 Å². The minimum Gasteiger partial charge on any atom is -0.421 e. The molecule has 0 aliphatic heterocycles. The first kappa shape index (κ1) is 12.0. The summed E-state index contributed by atoms with van der Waals surface area (Å²) in [6.07, 6.45) is 2.99. The molecule has 0 saturated heterocycles. The molecule has 1 aromatic heterocycles. The lowest BCUT2D eigenvalue weighted by atomic mass is 10.3. The molecule has 0 bridgehead atoms. The Morgan fingerprint density at radius 2 is 1.76 bits per heavy atom. The number of aromatic nitrogens is 2. The minimum atomic E-state index is -0.772. The van der Waals surface area contributed by atoms with Crippen LogP contribution in [0.3, 0.4) is 0 Å².